The first-order valence-corrected chi connectivity index (χ1v) is 6.93. The third-order valence-corrected chi connectivity index (χ3v) is 3.73. The molecule has 0 radical (unpaired) electrons. The highest BCUT2D eigenvalue weighted by atomic mass is 16.3. The summed E-state index contributed by atoms with van der Waals surface area (Å²) in [5.41, 5.74) is 6.82. The van der Waals surface area contributed by atoms with Gasteiger partial charge in [-0.05, 0) is 44.0 Å². The number of hydrogen-bond acceptors (Lipinski definition) is 4. The van der Waals surface area contributed by atoms with E-state index < -0.39 is 0 Å². The lowest BCUT2D eigenvalue weighted by Gasteiger charge is -2.09. The zero-order valence-corrected chi connectivity index (χ0v) is 12.5. The Morgan fingerprint density at radius 1 is 1.05 bits per heavy atom. The van der Waals surface area contributed by atoms with Gasteiger partial charge in [0.2, 0.25) is 0 Å². The maximum atomic E-state index is 9.08. The van der Waals surface area contributed by atoms with Crippen LogP contribution in [0.2, 0.25) is 0 Å². The fraction of sp³-hybridized carbons (Fsp3) is 0.312. The summed E-state index contributed by atoms with van der Waals surface area (Å²) >= 11 is 0. The molecule has 3 aromatic rings. The third kappa shape index (κ3) is 2.64. The van der Waals surface area contributed by atoms with E-state index in [9.17, 15) is 0 Å². The van der Waals surface area contributed by atoms with E-state index in [1.165, 1.54) is 11.1 Å². The summed E-state index contributed by atoms with van der Waals surface area (Å²) < 4.78 is 1.97. The maximum Gasteiger partial charge on any atom is 0.0953 e. The zero-order chi connectivity index (χ0) is 15.0. The normalized spacial score (nSPS) is 11.2. The molecule has 0 aliphatic rings. The van der Waals surface area contributed by atoms with Crippen molar-refractivity contribution < 1.29 is 5.11 Å². The lowest BCUT2D eigenvalue weighted by molar-refractivity contribution is 0.277. The molecular formula is C16H18N4O. The van der Waals surface area contributed by atoms with Gasteiger partial charge in [0.1, 0.15) is 0 Å². The van der Waals surface area contributed by atoms with Gasteiger partial charge in [-0.25, -0.2) is 15.0 Å². The van der Waals surface area contributed by atoms with Crippen molar-refractivity contribution in [2.24, 2.45) is 0 Å². The van der Waals surface area contributed by atoms with Gasteiger partial charge in [0, 0.05) is 12.7 Å². The molecule has 1 N–H and O–H groups in total. The van der Waals surface area contributed by atoms with Crippen LogP contribution in [0.3, 0.4) is 0 Å². The van der Waals surface area contributed by atoms with Crippen LogP contribution in [0, 0.1) is 20.8 Å². The number of aliphatic hydroxyl groups is 1. The van der Waals surface area contributed by atoms with E-state index in [2.05, 4.69) is 34.0 Å². The number of aromatic nitrogens is 4. The smallest absolute Gasteiger partial charge is 0.0953 e. The van der Waals surface area contributed by atoms with Crippen molar-refractivity contribution in [3.8, 4) is 0 Å². The highest BCUT2D eigenvalue weighted by Gasteiger charge is 2.07. The van der Waals surface area contributed by atoms with Crippen LogP contribution in [-0.4, -0.2) is 24.6 Å². The molecule has 0 aliphatic carbocycles. The molecule has 1 aromatic carbocycles. The Morgan fingerprint density at radius 2 is 1.71 bits per heavy atom. The number of aryl methyl sites for hydroxylation is 3. The van der Waals surface area contributed by atoms with E-state index in [-0.39, 0.29) is 6.61 Å². The van der Waals surface area contributed by atoms with Crippen molar-refractivity contribution >= 4 is 11.0 Å². The lowest BCUT2D eigenvalue weighted by atomic mass is 10.1. The van der Waals surface area contributed by atoms with Crippen molar-refractivity contribution in [2.75, 3.05) is 0 Å². The quantitative estimate of drug-likeness (QED) is 0.800. The van der Waals surface area contributed by atoms with Gasteiger partial charge in [-0.2, -0.15) is 0 Å². The van der Waals surface area contributed by atoms with Gasteiger partial charge in [-0.3, -0.25) is 0 Å². The molecule has 0 atom stereocenters. The van der Waals surface area contributed by atoms with Gasteiger partial charge in [-0.1, -0.05) is 0 Å². The van der Waals surface area contributed by atoms with Gasteiger partial charge < -0.3 is 9.67 Å². The average Bonchev–Trinajstić information content (AvgIpc) is 2.90. The van der Waals surface area contributed by atoms with Crippen molar-refractivity contribution in [3.63, 3.8) is 0 Å². The minimum atomic E-state index is -0.0341. The van der Waals surface area contributed by atoms with E-state index >= 15 is 0 Å². The van der Waals surface area contributed by atoms with Crippen LogP contribution in [0.15, 0.2) is 24.7 Å². The number of imidazole rings is 1. The predicted molar refractivity (Wildman–Crippen MR) is 81.0 cm³/mol. The van der Waals surface area contributed by atoms with E-state index in [1.54, 1.807) is 6.33 Å². The molecule has 5 heteroatoms. The van der Waals surface area contributed by atoms with Gasteiger partial charge in [0.05, 0.1) is 41.0 Å². The summed E-state index contributed by atoms with van der Waals surface area (Å²) in [6, 6.07) is 4.16. The van der Waals surface area contributed by atoms with Crippen LogP contribution in [0.5, 0.6) is 0 Å². The molecule has 21 heavy (non-hydrogen) atoms. The first kappa shape index (κ1) is 13.7. The van der Waals surface area contributed by atoms with Gasteiger partial charge in [0.15, 0.2) is 0 Å². The van der Waals surface area contributed by atoms with Crippen LogP contribution < -0.4 is 0 Å². The monoisotopic (exact) mass is 282 g/mol. The molecule has 0 fully saturated rings. The number of fused-ring (bicyclic) bond motifs is 1. The number of nitrogens with zero attached hydrogens (tertiary/aromatic N) is 4. The highest BCUT2D eigenvalue weighted by Crippen LogP contribution is 2.19. The Labute approximate surface area is 123 Å². The largest absolute Gasteiger partial charge is 0.390 e. The molecule has 0 bridgehead atoms. The van der Waals surface area contributed by atoms with Crippen LogP contribution >= 0.6 is 0 Å². The summed E-state index contributed by atoms with van der Waals surface area (Å²) in [7, 11) is 0. The summed E-state index contributed by atoms with van der Waals surface area (Å²) in [6.07, 6.45) is 3.59. The molecule has 2 heterocycles. The maximum absolute atomic E-state index is 9.08. The second-order valence-corrected chi connectivity index (χ2v) is 5.36. The van der Waals surface area contributed by atoms with E-state index in [0.717, 1.165) is 22.4 Å². The predicted octanol–water partition coefficient (Wildman–Crippen LogP) is 2.29. The Bertz CT molecular complexity index is 807. The van der Waals surface area contributed by atoms with Crippen LogP contribution in [0.1, 0.15) is 28.2 Å². The first-order valence-electron chi connectivity index (χ1n) is 6.93. The third-order valence-electron chi connectivity index (χ3n) is 3.73. The second-order valence-electron chi connectivity index (χ2n) is 5.36. The number of benzene rings is 1. The SMILES string of the molecule is Cc1cc2nc(C)c(C)nc2cc1Cn1cnc(CO)c1. The topological polar surface area (TPSA) is 63.8 Å². The molecular weight excluding hydrogens is 264 g/mol. The minimum Gasteiger partial charge on any atom is -0.390 e. The molecule has 2 aromatic heterocycles. The fourth-order valence-electron chi connectivity index (χ4n) is 2.37. The number of aliphatic hydroxyl groups excluding tert-OH is 1. The number of rotatable bonds is 3. The van der Waals surface area contributed by atoms with E-state index in [4.69, 9.17) is 5.11 Å². The Balaban J connectivity index is 2.01. The first-order chi connectivity index (χ1) is 10.1. The average molecular weight is 282 g/mol. The van der Waals surface area contributed by atoms with E-state index in [1.807, 2.05) is 24.6 Å². The fourth-order valence-corrected chi connectivity index (χ4v) is 2.37. The van der Waals surface area contributed by atoms with Crippen molar-refractivity contribution in [2.45, 2.75) is 33.9 Å². The summed E-state index contributed by atoms with van der Waals surface area (Å²) in [6.45, 7) is 6.71. The molecule has 0 aliphatic heterocycles. The van der Waals surface area contributed by atoms with Gasteiger partial charge in [0.25, 0.3) is 0 Å². The lowest BCUT2D eigenvalue weighted by Crippen LogP contribution is -2.01. The Kier molecular flexibility index (Phi) is 3.43. The molecule has 0 spiro atoms. The van der Waals surface area contributed by atoms with Crippen LogP contribution in [-0.2, 0) is 13.2 Å². The Hall–Kier alpha value is -2.27. The number of hydrogen-bond donors (Lipinski definition) is 1. The minimum absolute atomic E-state index is 0.0341. The van der Waals surface area contributed by atoms with Gasteiger partial charge >= 0.3 is 0 Å². The second kappa shape index (κ2) is 5.26. The standard InChI is InChI=1S/C16H18N4O/c1-10-4-15-16(19-12(3)11(2)18-15)5-13(10)6-20-7-14(8-21)17-9-20/h4-5,7,9,21H,6,8H2,1-3H3. The molecule has 0 saturated heterocycles. The molecule has 5 nitrogen and oxygen atoms in total. The van der Waals surface area contributed by atoms with Crippen molar-refractivity contribution in [3.05, 3.63) is 52.9 Å². The molecule has 108 valence electrons. The molecule has 3 rings (SSSR count). The van der Waals surface area contributed by atoms with Crippen LogP contribution in [0.4, 0.5) is 0 Å². The van der Waals surface area contributed by atoms with Crippen molar-refractivity contribution in [1.82, 2.24) is 19.5 Å². The Morgan fingerprint density at radius 3 is 2.33 bits per heavy atom. The molecule has 0 amide bonds. The molecule has 0 unspecified atom stereocenters. The summed E-state index contributed by atoms with van der Waals surface area (Å²) in [4.78, 5) is 13.3. The van der Waals surface area contributed by atoms with Crippen LogP contribution in [0.25, 0.3) is 11.0 Å². The highest BCUT2D eigenvalue weighted by molar-refractivity contribution is 5.76. The summed E-state index contributed by atoms with van der Waals surface area (Å²) in [5.74, 6) is 0. The molecule has 0 saturated carbocycles. The van der Waals surface area contributed by atoms with Gasteiger partial charge in [-0.15, -0.1) is 0 Å². The zero-order valence-electron chi connectivity index (χ0n) is 12.5. The summed E-state index contributed by atoms with van der Waals surface area (Å²) in [5, 5.41) is 9.08. The van der Waals surface area contributed by atoms with E-state index in [0.29, 0.717) is 12.2 Å². The van der Waals surface area contributed by atoms with Crippen molar-refractivity contribution in [1.29, 1.82) is 0 Å².